The van der Waals surface area contributed by atoms with Gasteiger partial charge in [-0.3, -0.25) is 23.2 Å². The van der Waals surface area contributed by atoms with Crippen molar-refractivity contribution < 1.29 is 48.5 Å². The van der Waals surface area contributed by atoms with Gasteiger partial charge in [-0.1, -0.05) is 39.5 Å². The molecule has 7 rings (SSSR count). The molecule has 0 aliphatic heterocycles. The topological polar surface area (TPSA) is 316 Å². The minimum atomic E-state index is -4.86. The summed E-state index contributed by atoms with van der Waals surface area (Å²) >= 11 is 2.53. The molecule has 0 saturated carbocycles. The Morgan fingerprint density at radius 2 is 1.01 bits per heavy atom. The van der Waals surface area contributed by atoms with Gasteiger partial charge in [0.2, 0.25) is 11.9 Å². The standard InChI is InChI=1S/C45H55N11O11S6/c1-9-55(10-2)25-13-15-29(51-53-39-37(72(62,63)64)27-21-44(5,6)23-33(57)35(27)69-39)31(19-25)46-41-48-42(50-43(49-41)68-17-18-71(59,60)61)47-32-20-26(56(11-3)12-4)14-16-30(32)52-54-40-38(73(65,66)67)28-22-45(7,8)24-34(58)36(28)70-40/h13-16,19-20H,9-12,17-18,21-24H2,1-8H3,(H,59,60,61)(H,62,63,64)(H,65,66,67)(H2,46,47,48,49,50). The van der Waals surface area contributed by atoms with Crippen LogP contribution in [0, 0.1) is 10.8 Å². The minimum Gasteiger partial charge on any atom is -0.372 e. The summed E-state index contributed by atoms with van der Waals surface area (Å²) in [5.41, 5.74) is 1.54. The van der Waals surface area contributed by atoms with Crippen molar-refractivity contribution in [2.45, 2.75) is 96.0 Å². The van der Waals surface area contributed by atoms with E-state index in [1.807, 2.05) is 65.2 Å². The number of rotatable bonds is 20. The van der Waals surface area contributed by atoms with Crippen molar-refractivity contribution in [1.82, 2.24) is 15.0 Å². The molecular weight excluding hydrogens is 1060 g/mol. The van der Waals surface area contributed by atoms with Crippen molar-refractivity contribution in [2.75, 3.05) is 58.1 Å². The lowest BCUT2D eigenvalue weighted by atomic mass is 9.76. The van der Waals surface area contributed by atoms with Gasteiger partial charge in [0, 0.05) is 56.1 Å². The molecule has 0 unspecified atom stereocenters. The van der Waals surface area contributed by atoms with E-state index in [9.17, 15) is 48.5 Å². The second-order valence-corrected chi connectivity index (χ2v) is 26.1. The Hall–Kier alpha value is -5.33. The second-order valence-electron chi connectivity index (χ2n) is 18.7. The number of Topliss-reactive ketones (excluding diaryl/α,β-unsaturated/α-hetero) is 2. The molecule has 5 aromatic rings. The van der Waals surface area contributed by atoms with Crippen LogP contribution < -0.4 is 20.4 Å². The third kappa shape index (κ3) is 13.1. The number of fused-ring (bicyclic) bond motifs is 2. The molecule has 0 amide bonds. The lowest BCUT2D eigenvalue weighted by Gasteiger charge is -2.28. The lowest BCUT2D eigenvalue weighted by Crippen LogP contribution is -2.26. The van der Waals surface area contributed by atoms with Gasteiger partial charge < -0.3 is 20.4 Å². The molecule has 3 aromatic heterocycles. The molecule has 0 fully saturated rings. The van der Waals surface area contributed by atoms with Crippen molar-refractivity contribution in [3.8, 4) is 0 Å². The Labute approximate surface area is 435 Å². The fraction of sp³-hybridized carbons (Fsp3) is 0.444. The largest absolute Gasteiger partial charge is 0.372 e. The van der Waals surface area contributed by atoms with Crippen molar-refractivity contribution >= 4 is 132 Å². The average molecular weight is 1120 g/mol. The molecule has 0 saturated heterocycles. The van der Waals surface area contributed by atoms with E-state index in [-0.39, 0.29) is 114 Å². The van der Waals surface area contributed by atoms with Gasteiger partial charge in [-0.2, -0.15) is 40.2 Å². The van der Waals surface area contributed by atoms with Crippen LogP contribution in [0.3, 0.4) is 0 Å². The maximum Gasteiger partial charge on any atom is 0.297 e. The number of ketones is 2. The van der Waals surface area contributed by atoms with E-state index in [4.69, 9.17) is 0 Å². The predicted molar refractivity (Wildman–Crippen MR) is 283 cm³/mol. The van der Waals surface area contributed by atoms with Gasteiger partial charge in [-0.25, -0.2) is 0 Å². The molecule has 3 heterocycles. The fourth-order valence-electron chi connectivity index (χ4n) is 8.63. The molecule has 2 aliphatic rings. The third-order valence-corrected chi connectivity index (χ3v) is 18.2. The number of hydrogen-bond acceptors (Lipinski definition) is 22. The Morgan fingerprint density at radius 3 is 1.37 bits per heavy atom. The Bertz CT molecular complexity index is 3180. The summed E-state index contributed by atoms with van der Waals surface area (Å²) in [7, 11) is -14.1. The molecule has 392 valence electrons. The Morgan fingerprint density at radius 1 is 0.616 bits per heavy atom. The van der Waals surface area contributed by atoms with Crippen molar-refractivity contribution in [2.24, 2.45) is 31.3 Å². The summed E-state index contributed by atoms with van der Waals surface area (Å²) < 4.78 is 105. The van der Waals surface area contributed by atoms with E-state index < -0.39 is 56.7 Å². The van der Waals surface area contributed by atoms with Crippen molar-refractivity contribution in [3.05, 3.63) is 57.3 Å². The molecule has 28 heteroatoms. The van der Waals surface area contributed by atoms with Gasteiger partial charge in [0.25, 0.3) is 30.4 Å². The van der Waals surface area contributed by atoms with Gasteiger partial charge >= 0.3 is 0 Å². The normalized spacial score (nSPS) is 15.7. The fourth-order valence-corrected chi connectivity index (χ4v) is 14.7. The van der Waals surface area contributed by atoms with Crippen molar-refractivity contribution in [1.29, 1.82) is 0 Å². The van der Waals surface area contributed by atoms with E-state index >= 15 is 0 Å². The molecule has 0 radical (unpaired) electrons. The average Bonchev–Trinajstić information content (AvgIpc) is 3.84. The first kappa shape index (κ1) is 55.4. The molecule has 5 N–H and O–H groups in total. The molecule has 22 nitrogen and oxygen atoms in total. The van der Waals surface area contributed by atoms with E-state index in [0.29, 0.717) is 26.2 Å². The summed E-state index contributed by atoms with van der Waals surface area (Å²) in [6.45, 7) is 17.6. The third-order valence-electron chi connectivity index (χ3n) is 11.9. The number of azo groups is 2. The Balaban J connectivity index is 1.33. The second kappa shape index (κ2) is 21.5. The van der Waals surface area contributed by atoms with Gasteiger partial charge in [0.1, 0.15) is 21.2 Å². The highest BCUT2D eigenvalue weighted by molar-refractivity contribution is 8.00. The van der Waals surface area contributed by atoms with Crippen LogP contribution in [0.2, 0.25) is 0 Å². The van der Waals surface area contributed by atoms with Gasteiger partial charge in [0.05, 0.1) is 26.9 Å². The number of nitrogens with zero attached hydrogens (tertiary/aromatic N) is 9. The SMILES string of the molecule is CCN(CC)c1ccc(N=Nc2sc3c(c2S(=O)(=O)O)CC(C)(C)CC3=O)c(Nc2nc(Nc3cc(N(CC)CC)ccc3N=Nc3sc4c(c3S(=O)(=O)O)CC(C)(C)CC4=O)nc(SCCS(=O)(=O)O)n2)c1. The highest BCUT2D eigenvalue weighted by Gasteiger charge is 2.40. The Kier molecular flexibility index (Phi) is 16.3. The van der Waals surface area contributed by atoms with E-state index in [0.717, 1.165) is 45.8 Å². The van der Waals surface area contributed by atoms with E-state index in [1.165, 1.54) is 0 Å². The molecule has 0 atom stereocenters. The first-order chi connectivity index (χ1) is 34.1. The minimum absolute atomic E-state index is 0.00102. The molecule has 2 aromatic carbocycles. The van der Waals surface area contributed by atoms with Gasteiger partial charge in [-0.15, -0.1) is 43.1 Å². The van der Waals surface area contributed by atoms with Crippen LogP contribution in [-0.4, -0.2) is 103 Å². The number of anilines is 6. The van der Waals surface area contributed by atoms with Crippen molar-refractivity contribution in [3.63, 3.8) is 0 Å². The summed E-state index contributed by atoms with van der Waals surface area (Å²) in [5, 5.41) is 23.4. The number of hydrogen-bond donors (Lipinski definition) is 5. The monoisotopic (exact) mass is 1120 g/mol. The van der Waals surface area contributed by atoms with Crippen LogP contribution in [0.4, 0.5) is 56.0 Å². The molecule has 2 aliphatic carbocycles. The summed E-state index contributed by atoms with van der Waals surface area (Å²) in [6.07, 6.45) is 0.754. The molecule has 0 spiro atoms. The quantitative estimate of drug-likeness (QED) is 0.0275. The highest BCUT2D eigenvalue weighted by Crippen LogP contribution is 2.49. The molecule has 0 bridgehead atoms. The van der Waals surface area contributed by atoms with Crippen LogP contribution in [-0.2, 0) is 43.2 Å². The van der Waals surface area contributed by atoms with Crippen LogP contribution >= 0.6 is 34.4 Å². The summed E-state index contributed by atoms with van der Waals surface area (Å²) in [6, 6.07) is 10.3. The van der Waals surface area contributed by atoms with Crippen LogP contribution in [0.25, 0.3) is 0 Å². The number of carbonyl (C=O) groups excluding carboxylic acids is 2. The first-order valence-corrected chi connectivity index (χ1v) is 30.1. The molecular formula is C45H55N11O11S6. The van der Waals surface area contributed by atoms with E-state index in [1.54, 1.807) is 36.4 Å². The maximum atomic E-state index is 13.2. The number of benzene rings is 2. The number of carbonyl (C=O) groups is 2. The first-order valence-electron chi connectivity index (χ1n) is 22.9. The lowest BCUT2D eigenvalue weighted by molar-refractivity contribution is 0.0907. The number of nitrogens with one attached hydrogen (secondary N) is 2. The van der Waals surface area contributed by atoms with E-state index in [2.05, 4.69) is 46.0 Å². The zero-order valence-electron chi connectivity index (χ0n) is 41.1. The predicted octanol–water partition coefficient (Wildman–Crippen LogP) is 10.8. The van der Waals surface area contributed by atoms with Crippen LogP contribution in [0.5, 0.6) is 0 Å². The molecule has 73 heavy (non-hydrogen) atoms. The maximum absolute atomic E-state index is 13.2. The van der Waals surface area contributed by atoms with Crippen LogP contribution in [0.1, 0.15) is 98.7 Å². The van der Waals surface area contributed by atoms with Gasteiger partial charge in [-0.05, 0) is 98.9 Å². The van der Waals surface area contributed by atoms with Crippen LogP contribution in [0.15, 0.2) is 71.8 Å². The number of thiophene rings is 2. The summed E-state index contributed by atoms with van der Waals surface area (Å²) in [4.78, 5) is 43.6. The highest BCUT2D eigenvalue weighted by atomic mass is 32.2. The number of aromatic nitrogens is 3. The zero-order valence-corrected chi connectivity index (χ0v) is 46.0. The van der Waals surface area contributed by atoms with Gasteiger partial charge in [0.15, 0.2) is 26.7 Å². The smallest absolute Gasteiger partial charge is 0.297 e. The number of thioether (sulfide) groups is 1. The summed E-state index contributed by atoms with van der Waals surface area (Å²) in [5.74, 6) is -1.56. The zero-order chi connectivity index (χ0) is 53.4.